The number of halogens is 4. The zero-order valence-corrected chi connectivity index (χ0v) is 21.4. The van der Waals surface area contributed by atoms with E-state index in [0.717, 1.165) is 18.2 Å². The molecule has 0 saturated heterocycles. The first-order valence-electron chi connectivity index (χ1n) is 11.7. The van der Waals surface area contributed by atoms with E-state index in [1.807, 2.05) is 32.9 Å². The van der Waals surface area contributed by atoms with E-state index in [1.54, 1.807) is 24.3 Å². The maximum Gasteiger partial charge on any atom is 0.396 e. The zero-order valence-electron chi connectivity index (χ0n) is 21.4. The lowest BCUT2D eigenvalue weighted by atomic mass is 9.81. The van der Waals surface area contributed by atoms with Crippen molar-refractivity contribution < 1.29 is 36.6 Å². The third kappa shape index (κ3) is 7.02. The molecule has 0 fully saturated rings. The topological polar surface area (TPSA) is 44.8 Å². The predicted octanol–water partition coefficient (Wildman–Crippen LogP) is 7.59. The van der Waals surface area contributed by atoms with Crippen molar-refractivity contribution in [3.05, 3.63) is 83.2 Å². The van der Waals surface area contributed by atoms with Crippen LogP contribution in [0.3, 0.4) is 0 Å². The summed E-state index contributed by atoms with van der Waals surface area (Å²) >= 11 is 0. The van der Waals surface area contributed by atoms with Crippen molar-refractivity contribution in [2.75, 3.05) is 14.2 Å². The van der Waals surface area contributed by atoms with Gasteiger partial charge in [-0.25, -0.2) is 4.39 Å². The highest BCUT2D eigenvalue weighted by molar-refractivity contribution is 5.71. The Bertz CT molecular complexity index is 1250. The fourth-order valence-electron chi connectivity index (χ4n) is 4.03. The molecule has 3 aromatic rings. The summed E-state index contributed by atoms with van der Waals surface area (Å²) in [6, 6.07) is 15.7. The summed E-state index contributed by atoms with van der Waals surface area (Å²) in [5.74, 6) is -2.56. The van der Waals surface area contributed by atoms with Gasteiger partial charge in [-0.05, 0) is 58.0 Å². The Morgan fingerprint density at radius 1 is 0.892 bits per heavy atom. The van der Waals surface area contributed by atoms with E-state index in [4.69, 9.17) is 9.47 Å². The number of ether oxygens (including phenoxy) is 3. The van der Waals surface area contributed by atoms with Crippen LogP contribution in [0.15, 0.2) is 60.7 Å². The molecule has 198 valence electrons. The summed E-state index contributed by atoms with van der Waals surface area (Å²) in [6.07, 6.45) is -5.44. The summed E-state index contributed by atoms with van der Waals surface area (Å²) in [4.78, 5) is 11.6. The minimum Gasteiger partial charge on any atom is -0.497 e. The van der Waals surface area contributed by atoms with Gasteiger partial charge in [-0.2, -0.15) is 13.2 Å². The molecule has 0 N–H and O–H groups in total. The first kappa shape index (κ1) is 28.0. The number of carbonyl (C=O) groups is 1. The number of hydrogen-bond acceptors (Lipinski definition) is 4. The maximum absolute atomic E-state index is 14.7. The molecule has 0 saturated carbocycles. The number of rotatable bonds is 8. The Labute approximate surface area is 214 Å². The molecule has 0 aliphatic rings. The van der Waals surface area contributed by atoms with Crippen molar-refractivity contribution in [3.63, 3.8) is 0 Å². The average molecular weight is 519 g/mol. The SMILES string of the molecule is COC(=O)CC(c1cccc(OCc2ccc(-c3cc(OC)ccc3F)c(C(C)(C)C)c2)c1)C(F)(F)F. The first-order chi connectivity index (χ1) is 17.3. The van der Waals surface area contributed by atoms with Crippen LogP contribution in [0.2, 0.25) is 0 Å². The van der Waals surface area contributed by atoms with Crippen molar-refractivity contribution >= 4 is 5.97 Å². The molecule has 1 unspecified atom stereocenters. The second kappa shape index (κ2) is 11.2. The number of esters is 1. The molecule has 4 nitrogen and oxygen atoms in total. The lowest BCUT2D eigenvalue weighted by Gasteiger charge is -2.25. The van der Waals surface area contributed by atoms with Gasteiger partial charge >= 0.3 is 12.1 Å². The molecule has 0 aliphatic carbocycles. The van der Waals surface area contributed by atoms with Crippen molar-refractivity contribution in [1.82, 2.24) is 0 Å². The number of alkyl halides is 3. The van der Waals surface area contributed by atoms with Crippen molar-refractivity contribution in [2.24, 2.45) is 0 Å². The second-order valence-electron chi connectivity index (χ2n) is 9.71. The molecule has 0 radical (unpaired) electrons. The zero-order chi connectivity index (χ0) is 27.4. The Hall–Kier alpha value is -3.55. The summed E-state index contributed by atoms with van der Waals surface area (Å²) in [5.41, 5.74) is 2.34. The van der Waals surface area contributed by atoms with Gasteiger partial charge in [-0.3, -0.25) is 4.79 Å². The van der Waals surface area contributed by atoms with Crippen molar-refractivity contribution in [1.29, 1.82) is 0 Å². The second-order valence-corrected chi connectivity index (χ2v) is 9.71. The van der Waals surface area contributed by atoms with Gasteiger partial charge in [-0.1, -0.05) is 51.1 Å². The molecule has 0 amide bonds. The van der Waals surface area contributed by atoms with Gasteiger partial charge in [0.05, 0.1) is 26.6 Å². The molecule has 3 rings (SSSR count). The fraction of sp³-hybridized carbons (Fsp3) is 0.345. The summed E-state index contributed by atoms with van der Waals surface area (Å²) in [5, 5.41) is 0. The van der Waals surface area contributed by atoms with E-state index in [9.17, 15) is 22.4 Å². The number of methoxy groups -OCH3 is 2. The first-order valence-corrected chi connectivity index (χ1v) is 11.7. The minimum absolute atomic E-state index is 0.0844. The van der Waals surface area contributed by atoms with Crippen LogP contribution in [0.1, 0.15) is 49.8 Å². The molecule has 3 aromatic carbocycles. The van der Waals surface area contributed by atoms with Crippen LogP contribution in [-0.2, 0) is 21.6 Å². The quantitative estimate of drug-likeness (QED) is 0.228. The van der Waals surface area contributed by atoms with Crippen LogP contribution < -0.4 is 9.47 Å². The molecular weight excluding hydrogens is 488 g/mol. The van der Waals surface area contributed by atoms with Crippen molar-refractivity contribution in [3.8, 4) is 22.6 Å². The van der Waals surface area contributed by atoms with Gasteiger partial charge in [-0.15, -0.1) is 0 Å². The van der Waals surface area contributed by atoms with E-state index in [1.165, 1.54) is 31.4 Å². The summed E-state index contributed by atoms with van der Waals surface area (Å²) < 4.78 is 71.1. The van der Waals surface area contributed by atoms with Gasteiger partial charge < -0.3 is 14.2 Å². The number of benzene rings is 3. The van der Waals surface area contributed by atoms with Crippen LogP contribution >= 0.6 is 0 Å². The van der Waals surface area contributed by atoms with Gasteiger partial charge in [0.25, 0.3) is 0 Å². The van der Waals surface area contributed by atoms with Gasteiger partial charge in [0.2, 0.25) is 0 Å². The number of hydrogen-bond donors (Lipinski definition) is 0. The van der Waals surface area contributed by atoms with Crippen LogP contribution in [-0.4, -0.2) is 26.4 Å². The van der Waals surface area contributed by atoms with Crippen LogP contribution in [0.25, 0.3) is 11.1 Å². The van der Waals surface area contributed by atoms with E-state index in [0.29, 0.717) is 16.9 Å². The third-order valence-corrected chi connectivity index (χ3v) is 6.02. The average Bonchev–Trinajstić information content (AvgIpc) is 2.85. The number of carbonyl (C=O) groups excluding carboxylic acids is 1. The van der Waals surface area contributed by atoms with E-state index < -0.39 is 24.5 Å². The maximum atomic E-state index is 14.7. The molecule has 0 aliphatic heterocycles. The Morgan fingerprint density at radius 2 is 1.62 bits per heavy atom. The fourth-order valence-corrected chi connectivity index (χ4v) is 4.03. The monoisotopic (exact) mass is 518 g/mol. The molecule has 0 heterocycles. The Balaban J connectivity index is 1.89. The van der Waals surface area contributed by atoms with Gasteiger partial charge in [0.15, 0.2) is 0 Å². The standard InChI is InChI=1S/C29H30F4O4/c1-28(2,3)25-13-18(9-11-22(25)23-15-20(35-4)10-12-26(23)30)17-37-21-8-6-7-19(14-21)24(29(31,32)33)16-27(34)36-5/h6-15,24H,16-17H2,1-5H3. The predicted molar refractivity (Wildman–Crippen MR) is 133 cm³/mol. The molecule has 0 aromatic heterocycles. The van der Waals surface area contributed by atoms with Crippen molar-refractivity contribution in [2.45, 2.75) is 51.3 Å². The largest absolute Gasteiger partial charge is 0.497 e. The van der Waals surface area contributed by atoms with E-state index in [2.05, 4.69) is 4.74 Å². The van der Waals surface area contributed by atoms with Crippen LogP contribution in [0.4, 0.5) is 17.6 Å². The highest BCUT2D eigenvalue weighted by atomic mass is 19.4. The van der Waals surface area contributed by atoms with E-state index in [-0.39, 0.29) is 29.2 Å². The molecule has 8 heteroatoms. The minimum atomic E-state index is -4.63. The highest BCUT2D eigenvalue weighted by Gasteiger charge is 2.42. The van der Waals surface area contributed by atoms with Crippen LogP contribution in [0, 0.1) is 5.82 Å². The van der Waals surface area contributed by atoms with Gasteiger partial charge in [0.1, 0.15) is 23.9 Å². The smallest absolute Gasteiger partial charge is 0.396 e. The van der Waals surface area contributed by atoms with Crippen LogP contribution in [0.5, 0.6) is 11.5 Å². The lowest BCUT2D eigenvalue weighted by Crippen LogP contribution is -2.24. The Morgan fingerprint density at radius 3 is 2.24 bits per heavy atom. The normalized spacial score (nSPS) is 12.7. The molecular formula is C29H30F4O4. The van der Waals surface area contributed by atoms with E-state index >= 15 is 0 Å². The Kier molecular flexibility index (Phi) is 8.51. The lowest BCUT2D eigenvalue weighted by molar-refractivity contribution is -0.164. The summed E-state index contributed by atoms with van der Waals surface area (Å²) in [7, 11) is 2.57. The molecule has 1 atom stereocenters. The molecule has 0 spiro atoms. The molecule has 0 bridgehead atoms. The highest BCUT2D eigenvalue weighted by Crippen LogP contribution is 2.39. The van der Waals surface area contributed by atoms with Gasteiger partial charge in [0, 0.05) is 5.56 Å². The third-order valence-electron chi connectivity index (χ3n) is 6.02. The molecule has 37 heavy (non-hydrogen) atoms. The summed E-state index contributed by atoms with van der Waals surface area (Å²) in [6.45, 7) is 6.12.